The molecule has 6 nitrogen and oxygen atoms in total. The summed E-state index contributed by atoms with van der Waals surface area (Å²) in [4.78, 5) is 12.9. The molecule has 0 aromatic carbocycles. The van der Waals surface area contributed by atoms with Crippen molar-refractivity contribution in [1.82, 2.24) is 9.99 Å². The molecule has 0 saturated heterocycles. The predicted molar refractivity (Wildman–Crippen MR) is 64.1 cm³/mol. The number of nitrogens with zero attached hydrogens (tertiary/aromatic N) is 2. The zero-order valence-electron chi connectivity index (χ0n) is 9.27. The first-order valence-electron chi connectivity index (χ1n) is 4.42. The minimum atomic E-state index is -2.34. The highest BCUT2D eigenvalue weighted by Gasteiger charge is 2.18. The third-order valence-corrected chi connectivity index (χ3v) is 2.29. The van der Waals surface area contributed by atoms with Crippen LogP contribution in [-0.4, -0.2) is 31.6 Å². The van der Waals surface area contributed by atoms with Crippen LogP contribution in [0.5, 0.6) is 0 Å². The summed E-state index contributed by atoms with van der Waals surface area (Å²) in [5, 5.41) is 11.3. The van der Waals surface area contributed by atoms with Gasteiger partial charge in [-0.05, 0) is 6.92 Å². The smallest absolute Gasteiger partial charge is 0.352 e. The van der Waals surface area contributed by atoms with E-state index in [4.69, 9.17) is 10.00 Å². The third kappa shape index (κ3) is 4.60. The Balaban J connectivity index is 5.25. The fraction of sp³-hybridized carbons (Fsp3) is 0.500. The predicted octanol–water partition coefficient (Wildman–Crippen LogP) is 0.755. The van der Waals surface area contributed by atoms with Crippen LogP contribution in [0.2, 0.25) is 0 Å². The quantitative estimate of drug-likeness (QED) is 0.250. The van der Waals surface area contributed by atoms with Gasteiger partial charge in [0, 0.05) is 14.1 Å². The summed E-state index contributed by atoms with van der Waals surface area (Å²) in [7, 11) is 0.873. The summed E-state index contributed by atoms with van der Waals surface area (Å²) in [5.74, 6) is -0.613. The fourth-order valence-corrected chi connectivity index (χ4v) is 1.77. The lowest BCUT2D eigenvalue weighted by Crippen LogP contribution is -2.25. The maximum absolute atomic E-state index is 11.4. The SMILES string of the molecule is CCOC(=O)C(C#N)=C(N[PH](=O)S)N(C)C. The van der Waals surface area contributed by atoms with Gasteiger partial charge in [-0.25, -0.2) is 4.79 Å². The number of nitrogens with one attached hydrogen (secondary N) is 1. The summed E-state index contributed by atoms with van der Waals surface area (Å²) in [6.45, 7) is 1.80. The van der Waals surface area contributed by atoms with Crippen LogP contribution in [0.25, 0.3) is 0 Å². The molecule has 0 aromatic rings. The number of nitriles is 1. The van der Waals surface area contributed by atoms with E-state index in [1.165, 1.54) is 4.90 Å². The topological polar surface area (TPSA) is 82.4 Å². The van der Waals surface area contributed by atoms with Crippen LogP contribution in [0.3, 0.4) is 0 Å². The van der Waals surface area contributed by atoms with Gasteiger partial charge in [0.15, 0.2) is 5.57 Å². The van der Waals surface area contributed by atoms with Crippen molar-refractivity contribution >= 4 is 25.4 Å². The molecular weight excluding hydrogens is 249 g/mol. The Hall–Kier alpha value is -1.12. The van der Waals surface area contributed by atoms with E-state index in [2.05, 4.69) is 17.3 Å². The first-order chi connectivity index (χ1) is 7.43. The molecule has 0 radical (unpaired) electrons. The number of carbonyl (C=O) groups excluding carboxylic acids is 1. The van der Waals surface area contributed by atoms with Gasteiger partial charge in [-0.1, -0.05) is 12.2 Å². The van der Waals surface area contributed by atoms with Gasteiger partial charge in [0.2, 0.25) is 7.15 Å². The van der Waals surface area contributed by atoms with Crippen LogP contribution in [0, 0.1) is 11.3 Å². The molecule has 1 atom stereocenters. The van der Waals surface area contributed by atoms with E-state index in [-0.39, 0.29) is 18.0 Å². The number of thiol groups is 1. The average Bonchev–Trinajstić information content (AvgIpc) is 2.17. The zero-order valence-corrected chi connectivity index (χ0v) is 11.2. The number of esters is 1. The molecule has 90 valence electrons. The monoisotopic (exact) mass is 263 g/mol. The highest BCUT2D eigenvalue weighted by Crippen LogP contribution is 2.23. The highest BCUT2D eigenvalue weighted by atomic mass is 32.7. The maximum atomic E-state index is 11.4. The van der Waals surface area contributed by atoms with Crippen molar-refractivity contribution in [3.63, 3.8) is 0 Å². The standard InChI is InChI=1S/C8H14N3O3PS/c1-4-14-8(12)6(5-9)7(11(2)3)10-15(13)16/h15H,4H2,1-3H3,(H2,10,13,16). The number of rotatable bonds is 5. The third-order valence-electron chi connectivity index (χ3n) is 1.50. The lowest BCUT2D eigenvalue weighted by molar-refractivity contribution is -0.138. The van der Waals surface area contributed by atoms with Crippen LogP contribution in [0.15, 0.2) is 11.4 Å². The molecule has 0 aliphatic rings. The van der Waals surface area contributed by atoms with Gasteiger partial charge in [0.05, 0.1) is 6.61 Å². The molecule has 0 spiro atoms. The minimum Gasteiger partial charge on any atom is -0.462 e. The molecule has 16 heavy (non-hydrogen) atoms. The largest absolute Gasteiger partial charge is 0.462 e. The second-order valence-electron chi connectivity index (χ2n) is 2.88. The Morgan fingerprint density at radius 3 is 2.50 bits per heavy atom. The molecular formula is C8H14N3O3PS. The van der Waals surface area contributed by atoms with Gasteiger partial charge < -0.3 is 14.7 Å². The van der Waals surface area contributed by atoms with E-state index in [0.29, 0.717) is 0 Å². The van der Waals surface area contributed by atoms with Crippen molar-refractivity contribution in [3.05, 3.63) is 11.4 Å². The summed E-state index contributed by atoms with van der Waals surface area (Å²) in [6.07, 6.45) is 0. The molecule has 1 N–H and O–H groups in total. The average molecular weight is 263 g/mol. The second kappa shape index (κ2) is 7.20. The Labute approximate surface area is 100 Å². The van der Waals surface area contributed by atoms with Crippen molar-refractivity contribution in [2.75, 3.05) is 20.7 Å². The van der Waals surface area contributed by atoms with E-state index in [1.54, 1.807) is 27.1 Å². The Morgan fingerprint density at radius 2 is 2.19 bits per heavy atom. The molecule has 0 rings (SSSR count). The van der Waals surface area contributed by atoms with Crippen molar-refractivity contribution in [2.45, 2.75) is 6.92 Å². The number of carbonyl (C=O) groups is 1. The van der Waals surface area contributed by atoms with Crippen molar-refractivity contribution < 1.29 is 14.1 Å². The van der Waals surface area contributed by atoms with Crippen molar-refractivity contribution in [3.8, 4) is 6.07 Å². The van der Waals surface area contributed by atoms with Crippen LogP contribution < -0.4 is 5.09 Å². The second-order valence-corrected chi connectivity index (χ2v) is 4.96. The molecule has 0 amide bonds. The number of ether oxygens (including phenoxy) is 1. The summed E-state index contributed by atoms with van der Waals surface area (Å²) in [5.41, 5.74) is -0.223. The number of hydrogen-bond acceptors (Lipinski definition) is 5. The van der Waals surface area contributed by atoms with Gasteiger partial charge in [-0.15, -0.1) is 0 Å². The normalized spacial score (nSPS) is 13.2. The number of hydrogen-bond donors (Lipinski definition) is 2. The van der Waals surface area contributed by atoms with Gasteiger partial charge in [-0.3, -0.25) is 4.57 Å². The first-order valence-corrected chi connectivity index (χ1v) is 7.12. The first kappa shape index (κ1) is 14.9. The van der Waals surface area contributed by atoms with Crippen LogP contribution in [0.4, 0.5) is 0 Å². The Morgan fingerprint density at radius 1 is 1.62 bits per heavy atom. The van der Waals surface area contributed by atoms with Crippen molar-refractivity contribution in [2.24, 2.45) is 0 Å². The molecule has 0 aliphatic heterocycles. The molecule has 0 saturated carbocycles. The molecule has 0 heterocycles. The van der Waals surface area contributed by atoms with E-state index in [0.717, 1.165) is 0 Å². The van der Waals surface area contributed by atoms with Crippen LogP contribution in [0.1, 0.15) is 6.92 Å². The molecule has 0 fully saturated rings. The van der Waals surface area contributed by atoms with Gasteiger partial charge in [0.1, 0.15) is 11.9 Å². The molecule has 1 unspecified atom stereocenters. The lowest BCUT2D eigenvalue weighted by atomic mass is 10.3. The van der Waals surface area contributed by atoms with Gasteiger partial charge in [-0.2, -0.15) is 5.26 Å². The summed E-state index contributed by atoms with van der Waals surface area (Å²) < 4.78 is 15.7. The summed E-state index contributed by atoms with van der Waals surface area (Å²) >= 11 is 3.70. The Kier molecular flexibility index (Phi) is 6.70. The fourth-order valence-electron chi connectivity index (χ4n) is 0.898. The zero-order chi connectivity index (χ0) is 12.7. The molecule has 0 aromatic heterocycles. The minimum absolute atomic E-state index is 0.139. The van der Waals surface area contributed by atoms with E-state index < -0.39 is 13.1 Å². The summed E-state index contributed by atoms with van der Waals surface area (Å²) in [6, 6.07) is 1.72. The van der Waals surface area contributed by atoms with Crippen LogP contribution in [-0.2, 0) is 14.1 Å². The molecule has 8 heteroatoms. The Bertz CT molecular complexity index is 362. The maximum Gasteiger partial charge on any atom is 0.352 e. The lowest BCUT2D eigenvalue weighted by Gasteiger charge is -2.18. The molecule has 0 aliphatic carbocycles. The van der Waals surface area contributed by atoms with E-state index in [9.17, 15) is 9.36 Å². The van der Waals surface area contributed by atoms with Crippen molar-refractivity contribution in [1.29, 1.82) is 5.26 Å². The van der Waals surface area contributed by atoms with E-state index >= 15 is 0 Å². The van der Waals surface area contributed by atoms with Gasteiger partial charge >= 0.3 is 5.97 Å². The van der Waals surface area contributed by atoms with Crippen LogP contribution >= 0.6 is 19.4 Å². The van der Waals surface area contributed by atoms with Gasteiger partial charge in [0.25, 0.3) is 0 Å². The highest BCUT2D eigenvalue weighted by molar-refractivity contribution is 8.40. The van der Waals surface area contributed by atoms with E-state index in [1.807, 2.05) is 0 Å². The molecule has 0 bridgehead atoms.